The molecule has 0 aliphatic heterocycles. The molecular formula is C11H10N2S. The largest absolute Gasteiger partial charge is 0.372 e. The number of rotatable bonds is 2. The van der Waals surface area contributed by atoms with Crippen molar-refractivity contribution in [3.8, 4) is 12.3 Å². The molecule has 0 aliphatic carbocycles. The van der Waals surface area contributed by atoms with Gasteiger partial charge in [-0.05, 0) is 25.1 Å². The Labute approximate surface area is 87.0 Å². The van der Waals surface area contributed by atoms with Gasteiger partial charge in [-0.3, -0.25) is 0 Å². The van der Waals surface area contributed by atoms with Gasteiger partial charge in [0.05, 0.1) is 21.8 Å². The van der Waals surface area contributed by atoms with E-state index in [-0.39, 0.29) is 6.04 Å². The number of aromatic nitrogens is 1. The van der Waals surface area contributed by atoms with Gasteiger partial charge in [0.25, 0.3) is 0 Å². The number of benzene rings is 1. The minimum atomic E-state index is 0.0559. The van der Waals surface area contributed by atoms with Gasteiger partial charge in [-0.25, -0.2) is 4.98 Å². The van der Waals surface area contributed by atoms with Gasteiger partial charge in [-0.15, -0.1) is 17.8 Å². The van der Waals surface area contributed by atoms with Crippen molar-refractivity contribution < 1.29 is 0 Å². The molecule has 70 valence electrons. The lowest BCUT2D eigenvalue weighted by Crippen LogP contribution is -2.11. The quantitative estimate of drug-likeness (QED) is 0.757. The highest BCUT2D eigenvalue weighted by atomic mass is 32.1. The molecule has 14 heavy (non-hydrogen) atoms. The van der Waals surface area contributed by atoms with Crippen molar-refractivity contribution in [2.45, 2.75) is 13.0 Å². The molecular weight excluding hydrogens is 192 g/mol. The van der Waals surface area contributed by atoms with Crippen molar-refractivity contribution in [2.75, 3.05) is 5.32 Å². The second-order valence-electron chi connectivity index (χ2n) is 3.07. The number of terminal acetylenes is 1. The van der Waals surface area contributed by atoms with E-state index in [2.05, 4.69) is 22.3 Å². The fourth-order valence-electron chi connectivity index (χ4n) is 1.24. The first kappa shape index (κ1) is 9.04. The van der Waals surface area contributed by atoms with Gasteiger partial charge in [0.15, 0.2) is 0 Å². The Morgan fingerprint density at radius 1 is 1.57 bits per heavy atom. The first-order valence-electron chi connectivity index (χ1n) is 4.35. The third kappa shape index (κ3) is 1.70. The van der Waals surface area contributed by atoms with Crippen LogP contribution in [0.25, 0.3) is 10.2 Å². The molecule has 0 bridgehead atoms. The van der Waals surface area contributed by atoms with Crippen molar-refractivity contribution >= 4 is 27.2 Å². The van der Waals surface area contributed by atoms with Gasteiger partial charge in [0, 0.05) is 5.69 Å². The van der Waals surface area contributed by atoms with Crippen molar-refractivity contribution in [3.63, 3.8) is 0 Å². The fraction of sp³-hybridized carbons (Fsp3) is 0.182. The third-order valence-electron chi connectivity index (χ3n) is 1.96. The Hall–Kier alpha value is -1.53. The third-order valence-corrected chi connectivity index (χ3v) is 2.76. The van der Waals surface area contributed by atoms with E-state index >= 15 is 0 Å². The van der Waals surface area contributed by atoms with Crippen molar-refractivity contribution in [3.05, 3.63) is 23.7 Å². The van der Waals surface area contributed by atoms with Crippen LogP contribution in [0.3, 0.4) is 0 Å². The van der Waals surface area contributed by atoms with E-state index in [0.29, 0.717) is 0 Å². The van der Waals surface area contributed by atoms with Gasteiger partial charge in [0.1, 0.15) is 0 Å². The molecule has 0 amide bonds. The number of anilines is 1. The molecule has 1 N–H and O–H groups in total. The monoisotopic (exact) mass is 202 g/mol. The predicted octanol–water partition coefficient (Wildman–Crippen LogP) is 2.73. The number of nitrogens with one attached hydrogen (secondary N) is 1. The molecule has 2 nitrogen and oxygen atoms in total. The summed E-state index contributed by atoms with van der Waals surface area (Å²) < 4.78 is 1.18. The van der Waals surface area contributed by atoms with Crippen LogP contribution in [0.1, 0.15) is 6.92 Å². The van der Waals surface area contributed by atoms with Crippen LogP contribution in [0.15, 0.2) is 23.7 Å². The van der Waals surface area contributed by atoms with Crippen LogP contribution in [0.5, 0.6) is 0 Å². The number of fused-ring (bicyclic) bond motifs is 1. The van der Waals surface area contributed by atoms with E-state index < -0.39 is 0 Å². The SMILES string of the molecule is C#CC(C)Nc1ccc2ncsc2c1. The van der Waals surface area contributed by atoms with E-state index in [1.54, 1.807) is 11.3 Å². The minimum absolute atomic E-state index is 0.0559. The van der Waals surface area contributed by atoms with Crippen molar-refractivity contribution in [1.29, 1.82) is 0 Å². The minimum Gasteiger partial charge on any atom is -0.372 e. The molecule has 0 saturated heterocycles. The molecule has 1 atom stereocenters. The van der Waals surface area contributed by atoms with Gasteiger partial charge >= 0.3 is 0 Å². The summed E-state index contributed by atoms with van der Waals surface area (Å²) in [5, 5.41) is 3.22. The maximum absolute atomic E-state index is 5.29. The van der Waals surface area contributed by atoms with Crippen LogP contribution >= 0.6 is 11.3 Å². The van der Waals surface area contributed by atoms with Crippen LogP contribution in [0, 0.1) is 12.3 Å². The standard InChI is InChI=1S/C11H10N2S/c1-3-8(2)13-9-4-5-10-11(6-9)14-7-12-10/h1,4-8,13H,2H3. The summed E-state index contributed by atoms with van der Waals surface area (Å²) in [4.78, 5) is 4.21. The zero-order valence-corrected chi connectivity index (χ0v) is 8.64. The lowest BCUT2D eigenvalue weighted by Gasteiger charge is -2.08. The average molecular weight is 202 g/mol. The molecule has 3 heteroatoms. The molecule has 1 heterocycles. The second-order valence-corrected chi connectivity index (χ2v) is 3.95. The number of hydrogen-bond donors (Lipinski definition) is 1. The highest BCUT2D eigenvalue weighted by Gasteiger charge is 2.00. The molecule has 1 aromatic carbocycles. The summed E-state index contributed by atoms with van der Waals surface area (Å²) in [7, 11) is 0. The topological polar surface area (TPSA) is 24.9 Å². The molecule has 0 fully saturated rings. The summed E-state index contributed by atoms with van der Waals surface area (Å²) in [6.45, 7) is 1.96. The maximum Gasteiger partial charge on any atom is 0.0845 e. The molecule has 0 radical (unpaired) electrons. The number of hydrogen-bond acceptors (Lipinski definition) is 3. The first-order valence-corrected chi connectivity index (χ1v) is 5.23. The zero-order valence-electron chi connectivity index (χ0n) is 7.82. The fourth-order valence-corrected chi connectivity index (χ4v) is 1.95. The molecule has 0 aliphatic rings. The summed E-state index contributed by atoms with van der Waals surface area (Å²) in [6.07, 6.45) is 5.29. The molecule has 1 aromatic heterocycles. The lowest BCUT2D eigenvalue weighted by atomic mass is 10.2. The number of thiazole rings is 1. The zero-order chi connectivity index (χ0) is 9.97. The Bertz CT molecular complexity index is 481. The predicted molar refractivity (Wildman–Crippen MR) is 61.5 cm³/mol. The molecule has 0 saturated carbocycles. The van der Waals surface area contributed by atoms with Crippen LogP contribution in [-0.2, 0) is 0 Å². The Morgan fingerprint density at radius 2 is 2.43 bits per heavy atom. The van der Waals surface area contributed by atoms with Gasteiger partial charge in [-0.1, -0.05) is 5.92 Å². The summed E-state index contributed by atoms with van der Waals surface area (Å²) in [5.74, 6) is 2.63. The summed E-state index contributed by atoms with van der Waals surface area (Å²) in [6, 6.07) is 6.12. The Kier molecular flexibility index (Phi) is 2.38. The normalized spacial score (nSPS) is 12.3. The van der Waals surface area contributed by atoms with E-state index in [1.165, 1.54) is 4.70 Å². The molecule has 1 unspecified atom stereocenters. The Balaban J connectivity index is 2.31. The van der Waals surface area contributed by atoms with Gasteiger partial charge < -0.3 is 5.32 Å². The second kappa shape index (κ2) is 3.69. The molecule has 2 rings (SSSR count). The lowest BCUT2D eigenvalue weighted by molar-refractivity contribution is 1.04. The van der Waals surface area contributed by atoms with Crippen LogP contribution < -0.4 is 5.32 Å². The van der Waals surface area contributed by atoms with Crippen LogP contribution in [0.4, 0.5) is 5.69 Å². The van der Waals surface area contributed by atoms with E-state index in [9.17, 15) is 0 Å². The maximum atomic E-state index is 5.29. The first-order chi connectivity index (χ1) is 6.79. The summed E-state index contributed by atoms with van der Waals surface area (Å²) >= 11 is 1.63. The highest BCUT2D eigenvalue weighted by molar-refractivity contribution is 7.16. The van der Waals surface area contributed by atoms with Crippen molar-refractivity contribution in [1.82, 2.24) is 4.98 Å². The summed E-state index contributed by atoms with van der Waals surface area (Å²) in [5.41, 5.74) is 3.93. The van der Waals surface area contributed by atoms with Crippen LogP contribution in [-0.4, -0.2) is 11.0 Å². The smallest absolute Gasteiger partial charge is 0.0845 e. The average Bonchev–Trinajstić information content (AvgIpc) is 2.64. The van der Waals surface area contributed by atoms with E-state index in [0.717, 1.165) is 11.2 Å². The molecule has 0 spiro atoms. The van der Waals surface area contributed by atoms with Gasteiger partial charge in [0.2, 0.25) is 0 Å². The molecule has 2 aromatic rings. The van der Waals surface area contributed by atoms with E-state index in [4.69, 9.17) is 6.42 Å². The Morgan fingerprint density at radius 3 is 3.21 bits per heavy atom. The van der Waals surface area contributed by atoms with E-state index in [1.807, 2.05) is 24.6 Å². The van der Waals surface area contributed by atoms with Crippen molar-refractivity contribution in [2.24, 2.45) is 0 Å². The van der Waals surface area contributed by atoms with Gasteiger partial charge in [-0.2, -0.15) is 0 Å². The highest BCUT2D eigenvalue weighted by Crippen LogP contribution is 2.21. The van der Waals surface area contributed by atoms with Crippen LogP contribution in [0.2, 0.25) is 0 Å². The number of nitrogens with zero attached hydrogens (tertiary/aromatic N) is 1.